The highest BCUT2D eigenvalue weighted by Gasteiger charge is 2.33. The Balaban J connectivity index is 1.31. The SMILES string of the molecule is Cc1nccc2cc(-c3ccc(NCC4CC5CCC(C4)N5)nn3)c(O)cc12. The molecular weight excluding hydrogens is 350 g/mol. The largest absolute Gasteiger partial charge is 0.507 e. The molecule has 6 nitrogen and oxygen atoms in total. The molecule has 144 valence electrons. The summed E-state index contributed by atoms with van der Waals surface area (Å²) < 4.78 is 0. The zero-order valence-corrected chi connectivity index (χ0v) is 16.0. The van der Waals surface area contributed by atoms with Crippen molar-refractivity contribution in [1.82, 2.24) is 20.5 Å². The molecule has 2 saturated heterocycles. The second-order valence-corrected chi connectivity index (χ2v) is 8.15. The lowest BCUT2D eigenvalue weighted by atomic mass is 9.92. The minimum absolute atomic E-state index is 0.198. The van der Waals surface area contributed by atoms with Crippen LogP contribution in [0.2, 0.25) is 0 Å². The number of pyridine rings is 1. The van der Waals surface area contributed by atoms with Crippen molar-refractivity contribution in [1.29, 1.82) is 0 Å². The standard InChI is InChI=1S/C22H25N5O/c1-13-18-11-21(28)19(10-15(18)6-7-23-13)20-4-5-22(27-26-20)24-12-14-8-16-2-3-17(9-14)25-16/h4-7,10-11,14,16-17,25,28H,2-3,8-9,12H2,1H3,(H,24,27). The number of piperidine rings is 1. The Morgan fingerprint density at radius 2 is 1.93 bits per heavy atom. The van der Waals surface area contributed by atoms with Crippen LogP contribution in [0.5, 0.6) is 5.75 Å². The fourth-order valence-corrected chi connectivity index (χ4v) is 4.72. The monoisotopic (exact) mass is 375 g/mol. The van der Waals surface area contributed by atoms with Crippen LogP contribution in [-0.2, 0) is 0 Å². The number of hydrogen-bond donors (Lipinski definition) is 3. The van der Waals surface area contributed by atoms with E-state index in [9.17, 15) is 5.11 Å². The van der Waals surface area contributed by atoms with Crippen molar-refractivity contribution in [3.63, 3.8) is 0 Å². The van der Waals surface area contributed by atoms with Gasteiger partial charge in [0, 0.05) is 41.5 Å². The van der Waals surface area contributed by atoms with E-state index in [4.69, 9.17) is 0 Å². The van der Waals surface area contributed by atoms with E-state index in [0.29, 0.717) is 29.3 Å². The van der Waals surface area contributed by atoms with Crippen molar-refractivity contribution in [2.45, 2.75) is 44.7 Å². The van der Waals surface area contributed by atoms with Gasteiger partial charge in [0.15, 0.2) is 0 Å². The molecule has 3 N–H and O–H groups in total. The summed E-state index contributed by atoms with van der Waals surface area (Å²) in [5.41, 5.74) is 2.25. The third-order valence-corrected chi connectivity index (χ3v) is 6.16. The second kappa shape index (κ2) is 7.02. The number of phenolic OH excluding ortho intramolecular Hbond substituents is 1. The first-order valence-corrected chi connectivity index (χ1v) is 10.1. The van der Waals surface area contributed by atoms with E-state index < -0.39 is 0 Å². The number of nitrogens with one attached hydrogen (secondary N) is 2. The maximum atomic E-state index is 10.5. The van der Waals surface area contributed by atoms with Crippen molar-refractivity contribution in [2.24, 2.45) is 5.92 Å². The van der Waals surface area contributed by atoms with Gasteiger partial charge in [-0.25, -0.2) is 0 Å². The Bertz CT molecular complexity index is 992. The highest BCUT2D eigenvalue weighted by molar-refractivity contribution is 5.91. The molecule has 3 aromatic rings. The summed E-state index contributed by atoms with van der Waals surface area (Å²) in [6.45, 7) is 2.88. The number of benzene rings is 1. The number of fused-ring (bicyclic) bond motifs is 3. The smallest absolute Gasteiger partial charge is 0.148 e. The summed E-state index contributed by atoms with van der Waals surface area (Å²) in [7, 11) is 0. The summed E-state index contributed by atoms with van der Waals surface area (Å²) in [6.07, 6.45) is 6.91. The average molecular weight is 375 g/mol. The van der Waals surface area contributed by atoms with Gasteiger partial charge in [0.1, 0.15) is 11.6 Å². The van der Waals surface area contributed by atoms with Gasteiger partial charge in [-0.1, -0.05) is 0 Å². The van der Waals surface area contributed by atoms with Gasteiger partial charge >= 0.3 is 0 Å². The van der Waals surface area contributed by atoms with Crippen LogP contribution in [0.4, 0.5) is 5.82 Å². The van der Waals surface area contributed by atoms with Crippen molar-refractivity contribution in [3.8, 4) is 17.0 Å². The molecule has 2 unspecified atom stereocenters. The second-order valence-electron chi connectivity index (χ2n) is 8.15. The van der Waals surface area contributed by atoms with E-state index in [1.807, 2.05) is 31.2 Å². The Labute approximate surface area is 164 Å². The summed E-state index contributed by atoms with van der Waals surface area (Å²) in [4.78, 5) is 4.28. The number of nitrogens with zero attached hydrogens (tertiary/aromatic N) is 3. The third-order valence-electron chi connectivity index (χ3n) is 6.16. The molecular formula is C22H25N5O. The highest BCUT2D eigenvalue weighted by atomic mass is 16.3. The summed E-state index contributed by atoms with van der Waals surface area (Å²) in [6, 6.07) is 10.9. The first-order chi connectivity index (χ1) is 13.7. The zero-order chi connectivity index (χ0) is 19.1. The predicted molar refractivity (Wildman–Crippen MR) is 110 cm³/mol. The van der Waals surface area contributed by atoms with Gasteiger partial charge in [-0.05, 0) is 74.2 Å². The summed E-state index contributed by atoms with van der Waals surface area (Å²) >= 11 is 0. The number of phenols is 1. The third kappa shape index (κ3) is 3.29. The lowest BCUT2D eigenvalue weighted by Gasteiger charge is -2.29. The summed E-state index contributed by atoms with van der Waals surface area (Å²) in [5, 5.41) is 28.2. The molecule has 0 saturated carbocycles. The topological polar surface area (TPSA) is 83.0 Å². The highest BCUT2D eigenvalue weighted by Crippen LogP contribution is 2.33. The molecule has 0 radical (unpaired) electrons. The van der Waals surface area contributed by atoms with Crippen LogP contribution >= 0.6 is 0 Å². The molecule has 2 aromatic heterocycles. The molecule has 2 aliphatic heterocycles. The van der Waals surface area contributed by atoms with Gasteiger partial charge in [-0.3, -0.25) is 4.98 Å². The molecule has 5 rings (SSSR count). The van der Waals surface area contributed by atoms with Crippen molar-refractivity contribution in [3.05, 3.63) is 42.2 Å². The van der Waals surface area contributed by atoms with E-state index in [1.54, 1.807) is 12.3 Å². The van der Waals surface area contributed by atoms with Crippen molar-refractivity contribution in [2.75, 3.05) is 11.9 Å². The Morgan fingerprint density at radius 1 is 1.11 bits per heavy atom. The van der Waals surface area contributed by atoms with E-state index in [1.165, 1.54) is 25.7 Å². The van der Waals surface area contributed by atoms with Crippen LogP contribution in [0.15, 0.2) is 36.5 Å². The quantitative estimate of drug-likeness (QED) is 0.646. The normalized spacial score (nSPS) is 23.8. The number of hydrogen-bond acceptors (Lipinski definition) is 6. The first kappa shape index (κ1) is 17.4. The molecule has 0 amide bonds. The van der Waals surface area contributed by atoms with E-state index >= 15 is 0 Å². The first-order valence-electron chi connectivity index (χ1n) is 10.1. The molecule has 2 bridgehead atoms. The summed E-state index contributed by atoms with van der Waals surface area (Å²) in [5.74, 6) is 1.68. The molecule has 2 aliphatic rings. The molecule has 2 atom stereocenters. The fourth-order valence-electron chi connectivity index (χ4n) is 4.72. The zero-order valence-electron chi connectivity index (χ0n) is 16.0. The van der Waals surface area contributed by atoms with Gasteiger partial charge in [0.2, 0.25) is 0 Å². The van der Waals surface area contributed by atoms with E-state index in [2.05, 4.69) is 25.8 Å². The van der Waals surface area contributed by atoms with Gasteiger partial charge in [-0.2, -0.15) is 0 Å². The van der Waals surface area contributed by atoms with Gasteiger partial charge in [0.25, 0.3) is 0 Å². The Morgan fingerprint density at radius 3 is 2.68 bits per heavy atom. The maximum absolute atomic E-state index is 10.5. The molecule has 28 heavy (non-hydrogen) atoms. The maximum Gasteiger partial charge on any atom is 0.148 e. The van der Waals surface area contributed by atoms with Crippen LogP contribution in [0.1, 0.15) is 31.4 Å². The lowest BCUT2D eigenvalue weighted by Crippen LogP contribution is -2.40. The lowest BCUT2D eigenvalue weighted by molar-refractivity contribution is 0.311. The number of aryl methyl sites for hydroxylation is 1. The van der Waals surface area contributed by atoms with Gasteiger partial charge in [0.05, 0.1) is 5.69 Å². The van der Waals surface area contributed by atoms with E-state index in [-0.39, 0.29) is 5.75 Å². The van der Waals surface area contributed by atoms with Crippen molar-refractivity contribution < 1.29 is 5.11 Å². The van der Waals surface area contributed by atoms with Crippen LogP contribution in [-0.4, -0.2) is 38.9 Å². The fraction of sp³-hybridized carbons (Fsp3) is 0.409. The molecule has 2 fully saturated rings. The van der Waals surface area contributed by atoms with Crippen LogP contribution in [0, 0.1) is 12.8 Å². The van der Waals surface area contributed by atoms with Crippen LogP contribution < -0.4 is 10.6 Å². The number of anilines is 1. The number of aromatic hydroxyl groups is 1. The van der Waals surface area contributed by atoms with Crippen molar-refractivity contribution >= 4 is 16.6 Å². The van der Waals surface area contributed by atoms with Gasteiger partial charge < -0.3 is 15.7 Å². The van der Waals surface area contributed by atoms with Crippen LogP contribution in [0.3, 0.4) is 0 Å². The minimum Gasteiger partial charge on any atom is -0.507 e. The number of aromatic nitrogens is 3. The molecule has 4 heterocycles. The van der Waals surface area contributed by atoms with Crippen LogP contribution in [0.25, 0.3) is 22.0 Å². The van der Waals surface area contributed by atoms with Gasteiger partial charge in [-0.15, -0.1) is 10.2 Å². The predicted octanol–water partition coefficient (Wildman–Crippen LogP) is 3.65. The average Bonchev–Trinajstić information content (AvgIpc) is 3.05. The molecule has 0 aliphatic carbocycles. The van der Waals surface area contributed by atoms with E-state index in [0.717, 1.165) is 28.8 Å². The molecule has 6 heteroatoms. The molecule has 1 aromatic carbocycles. The Hall–Kier alpha value is -2.73. The number of rotatable bonds is 4. The Kier molecular flexibility index (Phi) is 4.36. The minimum atomic E-state index is 0.198. The molecule has 0 spiro atoms.